The van der Waals surface area contributed by atoms with Crippen LogP contribution < -0.4 is 10.1 Å². The fourth-order valence-electron chi connectivity index (χ4n) is 2.49. The van der Waals surface area contributed by atoms with Gasteiger partial charge in [-0.3, -0.25) is 4.79 Å². The zero-order valence-electron chi connectivity index (χ0n) is 14.2. The van der Waals surface area contributed by atoms with E-state index in [1.165, 1.54) is 12.8 Å². The van der Waals surface area contributed by atoms with Crippen molar-refractivity contribution in [1.29, 1.82) is 0 Å². The minimum absolute atomic E-state index is 0.104. The second kappa shape index (κ2) is 8.37. The molecule has 0 saturated heterocycles. The minimum Gasteiger partial charge on any atom is -0.494 e. The SMILES string of the molecule is CCCCCOc1ccc(C(=O)Nc2cc(C)cc(C)c2)cc1. The molecule has 0 aliphatic carbocycles. The number of ether oxygens (including phenoxy) is 1. The number of unbranched alkanes of at least 4 members (excludes halogenated alkanes) is 2. The molecule has 3 heteroatoms. The lowest BCUT2D eigenvalue weighted by Gasteiger charge is -2.09. The van der Waals surface area contributed by atoms with E-state index in [9.17, 15) is 4.79 Å². The molecule has 0 heterocycles. The molecule has 0 unspecified atom stereocenters. The molecular weight excluding hydrogens is 286 g/mol. The quantitative estimate of drug-likeness (QED) is 0.720. The summed E-state index contributed by atoms with van der Waals surface area (Å²) in [5, 5.41) is 2.94. The molecule has 0 spiro atoms. The van der Waals surface area contributed by atoms with E-state index in [0.29, 0.717) is 5.56 Å². The summed E-state index contributed by atoms with van der Waals surface area (Å²) in [6, 6.07) is 13.3. The number of benzene rings is 2. The molecular formula is C20H25NO2. The Bertz CT molecular complexity index is 627. The molecule has 23 heavy (non-hydrogen) atoms. The lowest BCUT2D eigenvalue weighted by molar-refractivity contribution is 0.102. The predicted molar refractivity (Wildman–Crippen MR) is 95.3 cm³/mol. The van der Waals surface area contributed by atoms with Crippen LogP contribution in [0, 0.1) is 13.8 Å². The molecule has 122 valence electrons. The van der Waals surface area contributed by atoms with Crippen molar-refractivity contribution in [3.05, 3.63) is 59.2 Å². The Hall–Kier alpha value is -2.29. The molecule has 0 radical (unpaired) electrons. The largest absolute Gasteiger partial charge is 0.494 e. The molecule has 0 aliphatic rings. The average molecular weight is 311 g/mol. The van der Waals surface area contributed by atoms with Gasteiger partial charge in [-0.15, -0.1) is 0 Å². The van der Waals surface area contributed by atoms with Gasteiger partial charge < -0.3 is 10.1 Å². The van der Waals surface area contributed by atoms with Crippen LogP contribution in [-0.4, -0.2) is 12.5 Å². The molecule has 2 aromatic rings. The average Bonchev–Trinajstić information content (AvgIpc) is 2.51. The number of hydrogen-bond acceptors (Lipinski definition) is 2. The molecule has 0 fully saturated rings. The molecule has 0 saturated carbocycles. The lowest BCUT2D eigenvalue weighted by atomic mass is 10.1. The van der Waals surface area contributed by atoms with Crippen molar-refractivity contribution in [3.8, 4) is 5.75 Å². The van der Waals surface area contributed by atoms with Crippen LogP contribution in [0.1, 0.15) is 47.7 Å². The fourth-order valence-corrected chi connectivity index (χ4v) is 2.49. The Balaban J connectivity index is 1.94. The summed E-state index contributed by atoms with van der Waals surface area (Å²) >= 11 is 0. The van der Waals surface area contributed by atoms with Gasteiger partial charge in [-0.2, -0.15) is 0 Å². The van der Waals surface area contributed by atoms with Crippen LogP contribution in [0.4, 0.5) is 5.69 Å². The van der Waals surface area contributed by atoms with E-state index in [1.54, 1.807) is 12.1 Å². The first-order chi connectivity index (χ1) is 11.1. The van der Waals surface area contributed by atoms with Gasteiger partial charge in [-0.1, -0.05) is 25.8 Å². The van der Waals surface area contributed by atoms with E-state index < -0.39 is 0 Å². The molecule has 0 atom stereocenters. The Morgan fingerprint density at radius 3 is 2.26 bits per heavy atom. The van der Waals surface area contributed by atoms with Crippen molar-refractivity contribution in [2.24, 2.45) is 0 Å². The minimum atomic E-state index is -0.104. The van der Waals surface area contributed by atoms with Crippen molar-refractivity contribution in [3.63, 3.8) is 0 Å². The van der Waals surface area contributed by atoms with Crippen LogP contribution >= 0.6 is 0 Å². The van der Waals surface area contributed by atoms with Crippen LogP contribution in [0.3, 0.4) is 0 Å². The number of nitrogens with one attached hydrogen (secondary N) is 1. The Morgan fingerprint density at radius 2 is 1.65 bits per heavy atom. The summed E-state index contributed by atoms with van der Waals surface area (Å²) in [5.74, 6) is 0.705. The molecule has 2 rings (SSSR count). The smallest absolute Gasteiger partial charge is 0.255 e. The standard InChI is InChI=1S/C20H25NO2/c1-4-5-6-11-23-19-9-7-17(8-10-19)20(22)21-18-13-15(2)12-16(3)14-18/h7-10,12-14H,4-6,11H2,1-3H3,(H,21,22). The zero-order valence-corrected chi connectivity index (χ0v) is 14.2. The van der Waals surface area contributed by atoms with Gasteiger partial charge in [-0.05, 0) is 67.8 Å². The molecule has 1 N–H and O–H groups in total. The zero-order chi connectivity index (χ0) is 16.7. The second-order valence-electron chi connectivity index (χ2n) is 5.91. The van der Waals surface area contributed by atoms with Crippen molar-refractivity contribution in [2.75, 3.05) is 11.9 Å². The van der Waals surface area contributed by atoms with E-state index in [2.05, 4.69) is 18.3 Å². The maximum absolute atomic E-state index is 12.3. The predicted octanol–water partition coefficient (Wildman–Crippen LogP) is 5.12. The number of hydrogen-bond donors (Lipinski definition) is 1. The third-order valence-corrected chi connectivity index (χ3v) is 3.61. The highest BCUT2D eigenvalue weighted by molar-refractivity contribution is 6.04. The van der Waals surface area contributed by atoms with Crippen LogP contribution in [0.25, 0.3) is 0 Å². The van der Waals surface area contributed by atoms with Gasteiger partial charge in [0.05, 0.1) is 6.61 Å². The normalized spacial score (nSPS) is 10.4. The summed E-state index contributed by atoms with van der Waals surface area (Å²) in [5.41, 5.74) is 3.73. The summed E-state index contributed by atoms with van der Waals surface area (Å²) < 4.78 is 5.66. The first kappa shape index (κ1) is 17.1. The molecule has 0 aliphatic heterocycles. The van der Waals surface area contributed by atoms with E-state index in [1.807, 2.05) is 38.1 Å². The highest BCUT2D eigenvalue weighted by Crippen LogP contribution is 2.17. The van der Waals surface area contributed by atoms with Crippen LogP contribution in [-0.2, 0) is 0 Å². The van der Waals surface area contributed by atoms with Gasteiger partial charge in [0, 0.05) is 11.3 Å². The third kappa shape index (κ3) is 5.44. The number of aryl methyl sites for hydroxylation is 2. The first-order valence-electron chi connectivity index (χ1n) is 8.21. The second-order valence-corrected chi connectivity index (χ2v) is 5.91. The molecule has 1 amide bonds. The van der Waals surface area contributed by atoms with Gasteiger partial charge in [0.2, 0.25) is 0 Å². The van der Waals surface area contributed by atoms with Crippen molar-refractivity contribution in [2.45, 2.75) is 40.0 Å². The number of carbonyl (C=O) groups excluding carboxylic acids is 1. The van der Waals surface area contributed by atoms with Crippen molar-refractivity contribution >= 4 is 11.6 Å². The summed E-state index contributed by atoms with van der Waals surface area (Å²) in [7, 11) is 0. The highest BCUT2D eigenvalue weighted by Gasteiger charge is 2.07. The topological polar surface area (TPSA) is 38.3 Å². The van der Waals surface area contributed by atoms with Gasteiger partial charge in [0.1, 0.15) is 5.75 Å². The van der Waals surface area contributed by atoms with E-state index in [-0.39, 0.29) is 5.91 Å². The van der Waals surface area contributed by atoms with Crippen molar-refractivity contribution in [1.82, 2.24) is 0 Å². The van der Waals surface area contributed by atoms with Gasteiger partial charge in [0.15, 0.2) is 0 Å². The highest BCUT2D eigenvalue weighted by atomic mass is 16.5. The van der Waals surface area contributed by atoms with Crippen LogP contribution in [0.15, 0.2) is 42.5 Å². The summed E-state index contributed by atoms with van der Waals surface area (Å²) in [4.78, 5) is 12.3. The third-order valence-electron chi connectivity index (χ3n) is 3.61. The van der Waals surface area contributed by atoms with E-state index >= 15 is 0 Å². The Kier molecular flexibility index (Phi) is 6.21. The van der Waals surface area contributed by atoms with Crippen LogP contribution in [0.5, 0.6) is 5.75 Å². The molecule has 0 bridgehead atoms. The number of carbonyl (C=O) groups is 1. The monoisotopic (exact) mass is 311 g/mol. The molecule has 3 nitrogen and oxygen atoms in total. The van der Waals surface area contributed by atoms with Gasteiger partial charge >= 0.3 is 0 Å². The molecule has 2 aromatic carbocycles. The van der Waals surface area contributed by atoms with Gasteiger partial charge in [0.25, 0.3) is 5.91 Å². The number of amides is 1. The molecule has 0 aromatic heterocycles. The maximum Gasteiger partial charge on any atom is 0.255 e. The summed E-state index contributed by atoms with van der Waals surface area (Å²) in [6.45, 7) is 6.94. The summed E-state index contributed by atoms with van der Waals surface area (Å²) in [6.07, 6.45) is 3.42. The Labute approximate surface area is 138 Å². The van der Waals surface area contributed by atoms with Crippen molar-refractivity contribution < 1.29 is 9.53 Å². The Morgan fingerprint density at radius 1 is 1.00 bits per heavy atom. The number of rotatable bonds is 7. The fraction of sp³-hybridized carbons (Fsp3) is 0.350. The first-order valence-corrected chi connectivity index (χ1v) is 8.21. The van der Waals surface area contributed by atoms with Gasteiger partial charge in [-0.25, -0.2) is 0 Å². The van der Waals surface area contributed by atoms with E-state index in [4.69, 9.17) is 4.74 Å². The van der Waals surface area contributed by atoms with Crippen LogP contribution in [0.2, 0.25) is 0 Å². The number of anilines is 1. The maximum atomic E-state index is 12.3. The van der Waals surface area contributed by atoms with E-state index in [0.717, 1.165) is 35.6 Å². The lowest BCUT2D eigenvalue weighted by Crippen LogP contribution is -2.12.